The van der Waals surface area contributed by atoms with Crippen LogP contribution in [0.2, 0.25) is 0 Å². The monoisotopic (exact) mass is 208 g/mol. The minimum Gasteiger partial charge on any atom is -0.412 e. The van der Waals surface area contributed by atoms with Crippen LogP contribution in [0.1, 0.15) is 0 Å². The van der Waals surface area contributed by atoms with Gasteiger partial charge in [0.25, 0.3) is 0 Å². The van der Waals surface area contributed by atoms with Gasteiger partial charge in [-0.3, -0.25) is 0 Å². The Balaban J connectivity index is -0.0000000300. The van der Waals surface area contributed by atoms with Crippen molar-refractivity contribution in [1.29, 1.82) is 0 Å². The Kier molecular flexibility index (Phi) is 37.2. The molecular weight excluding hydrogens is 207 g/mol. The Morgan fingerprint density at radius 3 is 0.600 bits per heavy atom. The molecule has 7 nitrogen and oxygen atoms in total. The Hall–Kier alpha value is 1.07. The van der Waals surface area contributed by atoms with E-state index in [-0.39, 0.29) is 28.5 Å². The maximum Gasteiger partial charge on any atom is 2.00 e. The molecule has 0 bridgehead atoms. The van der Waals surface area contributed by atoms with Crippen molar-refractivity contribution in [3.05, 3.63) is 0 Å². The van der Waals surface area contributed by atoms with Gasteiger partial charge in [-0.2, -0.15) is 0 Å². The first-order valence-electron chi connectivity index (χ1n) is 0.926. The standard InChI is InChI=1S/2ClO3.Mg.H2O/c2*2-1(3)4;;/h;;;1H2/q2*-1;+2;. The summed E-state index contributed by atoms with van der Waals surface area (Å²) in [5.74, 6) is 0. The first-order chi connectivity index (χ1) is 3.46. The Bertz CT molecular complexity index is 27.1. The van der Waals surface area contributed by atoms with Gasteiger partial charge >= 0.3 is 23.1 Å². The molecule has 0 saturated carbocycles. The summed E-state index contributed by atoms with van der Waals surface area (Å²) < 4.78 is 50.4. The fourth-order valence-electron chi connectivity index (χ4n) is 0. The maximum absolute atomic E-state index is 8.41. The fourth-order valence-corrected chi connectivity index (χ4v) is 0. The third-order valence-corrected chi connectivity index (χ3v) is 0. The van der Waals surface area contributed by atoms with Crippen molar-refractivity contribution in [1.82, 2.24) is 0 Å². The summed E-state index contributed by atoms with van der Waals surface area (Å²) >= 11 is 0. The van der Waals surface area contributed by atoms with E-state index in [1.165, 1.54) is 0 Å². The summed E-state index contributed by atoms with van der Waals surface area (Å²) in [5.41, 5.74) is 0. The zero-order valence-corrected chi connectivity index (χ0v) is 7.34. The summed E-state index contributed by atoms with van der Waals surface area (Å²) in [4.78, 5) is 0. The second-order valence-electron chi connectivity index (χ2n) is 0.378. The van der Waals surface area contributed by atoms with Crippen LogP contribution in [0.4, 0.5) is 0 Å². The molecule has 0 aliphatic rings. The molecule has 60 valence electrons. The zero-order valence-electron chi connectivity index (χ0n) is 4.41. The number of hydrogen-bond acceptors (Lipinski definition) is 6. The van der Waals surface area contributed by atoms with Crippen LogP contribution in [0.25, 0.3) is 0 Å². The van der Waals surface area contributed by atoms with E-state index in [0.717, 1.165) is 0 Å². The first-order valence-corrected chi connectivity index (χ1v) is 2.78. The van der Waals surface area contributed by atoms with Crippen LogP contribution in [-0.2, 0) is 0 Å². The number of halogens is 2. The Morgan fingerprint density at radius 1 is 0.600 bits per heavy atom. The molecule has 0 rings (SSSR count). The van der Waals surface area contributed by atoms with Gasteiger partial charge in [0.15, 0.2) is 0 Å². The Labute approximate surface area is 78.2 Å². The summed E-state index contributed by atoms with van der Waals surface area (Å²) in [5, 5.41) is 0. The molecule has 10 heteroatoms. The van der Waals surface area contributed by atoms with Crippen molar-refractivity contribution in [2.24, 2.45) is 0 Å². The van der Waals surface area contributed by atoms with E-state index in [4.69, 9.17) is 28.0 Å². The van der Waals surface area contributed by atoms with Gasteiger partial charge in [-0.15, -0.1) is 0 Å². The van der Waals surface area contributed by atoms with Crippen molar-refractivity contribution in [2.75, 3.05) is 0 Å². The minimum absolute atomic E-state index is 0. The van der Waals surface area contributed by atoms with E-state index in [1.54, 1.807) is 0 Å². The van der Waals surface area contributed by atoms with E-state index < -0.39 is 21.6 Å². The average Bonchev–Trinajstić information content (AvgIpc) is 1.25. The molecule has 0 aliphatic heterocycles. The predicted octanol–water partition coefficient (Wildman–Crippen LogP) is -8.34. The first kappa shape index (κ1) is 22.5. The van der Waals surface area contributed by atoms with Crippen molar-refractivity contribution in [2.45, 2.75) is 0 Å². The molecule has 0 fully saturated rings. The van der Waals surface area contributed by atoms with Crippen molar-refractivity contribution in [3.8, 4) is 0 Å². The van der Waals surface area contributed by atoms with Crippen LogP contribution in [0, 0.1) is 21.6 Å². The molecule has 0 amide bonds. The summed E-state index contributed by atoms with van der Waals surface area (Å²) in [6.45, 7) is 0. The van der Waals surface area contributed by atoms with Gasteiger partial charge in [0.05, 0.1) is 21.6 Å². The molecular formula is H2Cl2MgO7. The normalized spacial score (nSPS) is 7.20. The van der Waals surface area contributed by atoms with Gasteiger partial charge in [0.1, 0.15) is 0 Å². The second kappa shape index (κ2) is 16.6. The van der Waals surface area contributed by atoms with E-state index in [2.05, 4.69) is 0 Å². The zero-order chi connectivity index (χ0) is 7.15. The number of rotatable bonds is 0. The van der Waals surface area contributed by atoms with Crippen LogP contribution in [0.15, 0.2) is 0 Å². The third kappa shape index (κ3) is 519. The second-order valence-corrected chi connectivity index (χ2v) is 1.13. The van der Waals surface area contributed by atoms with E-state index in [1.807, 2.05) is 0 Å². The molecule has 0 aromatic rings. The molecule has 0 spiro atoms. The van der Waals surface area contributed by atoms with E-state index in [9.17, 15) is 0 Å². The van der Waals surface area contributed by atoms with Gasteiger partial charge in [0.2, 0.25) is 0 Å². The maximum atomic E-state index is 8.41. The molecule has 0 saturated heterocycles. The predicted molar refractivity (Wildman–Crippen MR) is 9.37 cm³/mol. The van der Waals surface area contributed by atoms with E-state index >= 15 is 0 Å². The van der Waals surface area contributed by atoms with E-state index in [0.29, 0.717) is 0 Å². The molecule has 0 radical (unpaired) electrons. The van der Waals surface area contributed by atoms with Crippen LogP contribution in [0.3, 0.4) is 0 Å². The van der Waals surface area contributed by atoms with Crippen molar-refractivity contribution < 1.29 is 55.0 Å². The summed E-state index contributed by atoms with van der Waals surface area (Å²) in [6.07, 6.45) is 0. The molecule has 0 aromatic heterocycles. The molecule has 0 heterocycles. The number of hydrogen-bond donors (Lipinski definition) is 0. The molecule has 2 N–H and O–H groups in total. The van der Waals surface area contributed by atoms with Crippen LogP contribution in [-0.4, -0.2) is 28.5 Å². The van der Waals surface area contributed by atoms with Crippen LogP contribution < -0.4 is 28.0 Å². The summed E-state index contributed by atoms with van der Waals surface area (Å²) in [7, 11) is -5.70. The van der Waals surface area contributed by atoms with Crippen LogP contribution >= 0.6 is 0 Å². The largest absolute Gasteiger partial charge is 2.00 e. The molecule has 0 unspecified atom stereocenters. The molecule has 0 aliphatic carbocycles. The quantitative estimate of drug-likeness (QED) is 0.358. The topological polar surface area (TPSA) is 170 Å². The molecule has 10 heavy (non-hydrogen) atoms. The van der Waals surface area contributed by atoms with Crippen molar-refractivity contribution in [3.63, 3.8) is 0 Å². The fraction of sp³-hybridized carbons (Fsp3) is 0. The average molecular weight is 209 g/mol. The third-order valence-electron chi connectivity index (χ3n) is 0. The van der Waals surface area contributed by atoms with Gasteiger partial charge in [-0.05, 0) is 0 Å². The molecule has 0 atom stereocenters. The Morgan fingerprint density at radius 2 is 0.600 bits per heavy atom. The van der Waals surface area contributed by atoms with Crippen LogP contribution in [0.5, 0.6) is 0 Å². The van der Waals surface area contributed by atoms with Gasteiger partial charge in [0, 0.05) is 0 Å². The molecule has 0 aromatic carbocycles. The van der Waals surface area contributed by atoms with Gasteiger partial charge in [-0.25, -0.2) is 0 Å². The van der Waals surface area contributed by atoms with Gasteiger partial charge in [-0.1, -0.05) is 0 Å². The van der Waals surface area contributed by atoms with Gasteiger partial charge < -0.3 is 33.4 Å². The summed E-state index contributed by atoms with van der Waals surface area (Å²) in [6, 6.07) is 0. The smallest absolute Gasteiger partial charge is 0.412 e. The SMILES string of the molecule is O.[Mg+2].[O-][Cl+2]([O-])[O-].[O-][Cl+2]([O-])[O-]. The van der Waals surface area contributed by atoms with Crippen molar-refractivity contribution >= 4 is 23.1 Å². The minimum atomic E-state index is -2.85.